The second-order valence-corrected chi connectivity index (χ2v) is 9.58. The molecular formula is C30H24N2. The Morgan fingerprint density at radius 1 is 0.625 bits per heavy atom. The minimum absolute atomic E-state index is 0.120. The van der Waals surface area contributed by atoms with Gasteiger partial charge in [-0.3, -0.25) is 9.97 Å². The maximum absolute atomic E-state index is 4.81. The summed E-state index contributed by atoms with van der Waals surface area (Å²) in [4.78, 5) is 9.26. The maximum Gasteiger partial charge on any atom is 0.0717 e. The summed E-state index contributed by atoms with van der Waals surface area (Å²) < 4.78 is 0. The molecule has 0 spiro atoms. The third kappa shape index (κ3) is 2.95. The van der Waals surface area contributed by atoms with Crippen LogP contribution in [0.25, 0.3) is 54.8 Å². The fourth-order valence-electron chi connectivity index (χ4n) is 4.71. The second kappa shape index (κ2) is 6.86. The van der Waals surface area contributed by atoms with E-state index in [-0.39, 0.29) is 5.41 Å². The van der Waals surface area contributed by atoms with Crippen LogP contribution in [-0.4, -0.2) is 9.97 Å². The van der Waals surface area contributed by atoms with Gasteiger partial charge in [0, 0.05) is 23.5 Å². The van der Waals surface area contributed by atoms with Crippen molar-refractivity contribution < 1.29 is 0 Å². The number of pyridine rings is 2. The third-order valence-electron chi connectivity index (χ3n) is 6.47. The van der Waals surface area contributed by atoms with Crippen LogP contribution in [0.15, 0.2) is 91.3 Å². The van der Waals surface area contributed by atoms with Crippen LogP contribution in [0.4, 0.5) is 0 Å². The highest BCUT2D eigenvalue weighted by Crippen LogP contribution is 2.40. The molecule has 4 aromatic carbocycles. The first kappa shape index (κ1) is 18.9. The van der Waals surface area contributed by atoms with Gasteiger partial charge in [0.05, 0.1) is 11.4 Å². The standard InChI is InChI=1S/C30H24N2/c1-30(2,3)23-16-20-8-7-19-9-12-24(25-13-10-21(17-23)28(20)29(19)25)27-14-11-22(18-32-27)26-6-4-5-15-31-26/h4-18H,1-3H3. The van der Waals surface area contributed by atoms with Gasteiger partial charge in [-0.2, -0.15) is 0 Å². The number of hydrogen-bond acceptors (Lipinski definition) is 2. The van der Waals surface area contributed by atoms with Gasteiger partial charge in [0.1, 0.15) is 0 Å². The van der Waals surface area contributed by atoms with Crippen LogP contribution in [0, 0.1) is 0 Å². The Kier molecular flexibility index (Phi) is 4.06. The van der Waals surface area contributed by atoms with Gasteiger partial charge in [0.15, 0.2) is 0 Å². The van der Waals surface area contributed by atoms with E-state index in [0.29, 0.717) is 0 Å². The van der Waals surface area contributed by atoms with Crippen molar-refractivity contribution in [3.05, 3.63) is 96.8 Å². The van der Waals surface area contributed by atoms with E-state index in [2.05, 4.69) is 86.4 Å². The van der Waals surface area contributed by atoms with E-state index in [1.807, 2.05) is 30.6 Å². The van der Waals surface area contributed by atoms with Crippen molar-refractivity contribution in [2.75, 3.05) is 0 Å². The molecule has 32 heavy (non-hydrogen) atoms. The van der Waals surface area contributed by atoms with Gasteiger partial charge in [0.25, 0.3) is 0 Å². The summed E-state index contributed by atoms with van der Waals surface area (Å²) in [6, 6.07) is 28.3. The summed E-state index contributed by atoms with van der Waals surface area (Å²) in [5, 5.41) is 7.81. The Morgan fingerprint density at radius 3 is 2.06 bits per heavy atom. The van der Waals surface area contributed by atoms with Crippen molar-refractivity contribution >= 4 is 32.3 Å². The molecule has 0 atom stereocenters. The molecule has 0 saturated carbocycles. The molecule has 0 bridgehead atoms. The third-order valence-corrected chi connectivity index (χ3v) is 6.47. The fourth-order valence-corrected chi connectivity index (χ4v) is 4.71. The summed E-state index contributed by atoms with van der Waals surface area (Å²) in [7, 11) is 0. The lowest BCUT2D eigenvalue weighted by atomic mass is 9.83. The maximum atomic E-state index is 4.81. The van der Waals surface area contributed by atoms with Crippen LogP contribution in [0.3, 0.4) is 0 Å². The molecule has 0 radical (unpaired) electrons. The first-order valence-electron chi connectivity index (χ1n) is 11.1. The van der Waals surface area contributed by atoms with E-state index in [0.717, 1.165) is 17.0 Å². The quantitative estimate of drug-likeness (QED) is 0.269. The zero-order chi connectivity index (χ0) is 21.9. The monoisotopic (exact) mass is 412 g/mol. The largest absolute Gasteiger partial charge is 0.256 e. The molecule has 6 rings (SSSR count). The lowest BCUT2D eigenvalue weighted by molar-refractivity contribution is 0.591. The summed E-state index contributed by atoms with van der Waals surface area (Å²) in [5.74, 6) is 0. The Balaban J connectivity index is 1.56. The van der Waals surface area contributed by atoms with Gasteiger partial charge >= 0.3 is 0 Å². The smallest absolute Gasteiger partial charge is 0.0717 e. The van der Waals surface area contributed by atoms with Gasteiger partial charge < -0.3 is 0 Å². The lowest BCUT2D eigenvalue weighted by Gasteiger charge is -2.22. The van der Waals surface area contributed by atoms with Crippen molar-refractivity contribution in [3.63, 3.8) is 0 Å². The van der Waals surface area contributed by atoms with Crippen LogP contribution in [-0.2, 0) is 5.41 Å². The second-order valence-electron chi connectivity index (χ2n) is 9.58. The van der Waals surface area contributed by atoms with Crippen molar-refractivity contribution in [2.45, 2.75) is 26.2 Å². The summed E-state index contributed by atoms with van der Waals surface area (Å²) in [5.41, 5.74) is 5.61. The van der Waals surface area contributed by atoms with Crippen LogP contribution < -0.4 is 0 Å². The molecule has 2 nitrogen and oxygen atoms in total. The molecule has 0 saturated heterocycles. The van der Waals surface area contributed by atoms with E-state index in [1.165, 1.54) is 43.4 Å². The van der Waals surface area contributed by atoms with E-state index in [1.54, 1.807) is 0 Å². The molecule has 2 heterocycles. The molecule has 154 valence electrons. The average Bonchev–Trinajstić information content (AvgIpc) is 2.82. The normalized spacial score (nSPS) is 12.2. The molecule has 0 N–H and O–H groups in total. The molecule has 0 aliphatic carbocycles. The minimum Gasteiger partial charge on any atom is -0.256 e. The van der Waals surface area contributed by atoms with E-state index in [9.17, 15) is 0 Å². The highest BCUT2D eigenvalue weighted by atomic mass is 14.7. The molecule has 6 aromatic rings. The summed E-state index contributed by atoms with van der Waals surface area (Å²) in [6.07, 6.45) is 3.74. The SMILES string of the molecule is CC(C)(C)c1cc2ccc3ccc(-c4ccc(-c5ccccn5)cn4)c4ccc(c1)c2c34. The highest BCUT2D eigenvalue weighted by Gasteiger charge is 2.18. The van der Waals surface area contributed by atoms with E-state index in [4.69, 9.17) is 4.98 Å². The van der Waals surface area contributed by atoms with Crippen molar-refractivity contribution in [1.29, 1.82) is 0 Å². The predicted octanol–water partition coefficient (Wildman–Crippen LogP) is 8.01. The first-order chi connectivity index (χ1) is 15.5. The van der Waals surface area contributed by atoms with Crippen LogP contribution in [0.5, 0.6) is 0 Å². The molecule has 0 aliphatic rings. The summed E-state index contributed by atoms with van der Waals surface area (Å²) in [6.45, 7) is 6.83. The molecular weight excluding hydrogens is 388 g/mol. The lowest BCUT2D eigenvalue weighted by Crippen LogP contribution is -2.10. The minimum atomic E-state index is 0.120. The van der Waals surface area contributed by atoms with Crippen molar-refractivity contribution in [1.82, 2.24) is 9.97 Å². The molecule has 2 heteroatoms. The number of benzene rings is 4. The Labute approximate surface area is 187 Å². The molecule has 0 unspecified atom stereocenters. The number of hydrogen-bond donors (Lipinski definition) is 0. The van der Waals surface area contributed by atoms with Gasteiger partial charge in [-0.15, -0.1) is 0 Å². The van der Waals surface area contributed by atoms with Gasteiger partial charge in [-0.1, -0.05) is 75.4 Å². The fraction of sp³-hybridized carbons (Fsp3) is 0.133. The molecule has 2 aromatic heterocycles. The van der Waals surface area contributed by atoms with Gasteiger partial charge in [-0.25, -0.2) is 0 Å². The van der Waals surface area contributed by atoms with Crippen LogP contribution >= 0.6 is 0 Å². The zero-order valence-electron chi connectivity index (χ0n) is 18.6. The summed E-state index contributed by atoms with van der Waals surface area (Å²) >= 11 is 0. The van der Waals surface area contributed by atoms with Gasteiger partial charge in [-0.05, 0) is 67.6 Å². The average molecular weight is 413 g/mol. The predicted molar refractivity (Wildman–Crippen MR) is 135 cm³/mol. The number of rotatable bonds is 2. The Hall–Kier alpha value is -3.78. The van der Waals surface area contributed by atoms with Gasteiger partial charge in [0.2, 0.25) is 0 Å². The molecule has 0 aliphatic heterocycles. The van der Waals surface area contributed by atoms with Crippen molar-refractivity contribution in [2.24, 2.45) is 0 Å². The van der Waals surface area contributed by atoms with Crippen LogP contribution in [0.2, 0.25) is 0 Å². The highest BCUT2D eigenvalue weighted by molar-refractivity contribution is 6.25. The van der Waals surface area contributed by atoms with Crippen LogP contribution in [0.1, 0.15) is 26.3 Å². The first-order valence-corrected chi connectivity index (χ1v) is 11.1. The van der Waals surface area contributed by atoms with E-state index < -0.39 is 0 Å². The van der Waals surface area contributed by atoms with Crippen molar-refractivity contribution in [3.8, 4) is 22.5 Å². The number of nitrogens with zero attached hydrogens (tertiary/aromatic N) is 2. The Morgan fingerprint density at radius 2 is 1.38 bits per heavy atom. The molecule has 0 fully saturated rings. The topological polar surface area (TPSA) is 25.8 Å². The zero-order valence-corrected chi connectivity index (χ0v) is 18.6. The van der Waals surface area contributed by atoms with E-state index >= 15 is 0 Å². The Bertz CT molecular complexity index is 1550. The number of aromatic nitrogens is 2. The molecule has 0 amide bonds.